The Morgan fingerprint density at radius 2 is 0.432 bits per heavy atom. The zero-order chi connectivity index (χ0) is 66.1. The van der Waals surface area contributed by atoms with Gasteiger partial charge in [0.15, 0.2) is 0 Å². The third-order valence-corrected chi connectivity index (χ3v) is 11.5. The van der Waals surface area contributed by atoms with E-state index in [0.29, 0.717) is 22.3 Å². The molecular weight excluding hydrogens is 1150 g/mol. The first-order chi connectivity index (χ1) is 41.6. The molecule has 4 aromatic carbocycles. The highest BCUT2D eigenvalue weighted by Gasteiger charge is 2.13. The second kappa shape index (κ2) is 41.9. The number of nitrogens with two attached hydrogens (primary N) is 4. The predicted molar refractivity (Wildman–Crippen MR) is 319 cm³/mol. The van der Waals surface area contributed by atoms with E-state index in [1.54, 1.807) is 125 Å². The van der Waals surface area contributed by atoms with Gasteiger partial charge in [-0.25, -0.2) is 17.6 Å². The van der Waals surface area contributed by atoms with Crippen molar-refractivity contribution >= 4 is 47.5 Å². The normalized spacial score (nSPS) is 11.0. The number of nitrogens with zero attached hydrogens (tertiary/aromatic N) is 4. The monoisotopic (exact) mass is 1220 g/mol. The van der Waals surface area contributed by atoms with Gasteiger partial charge in [0.1, 0.15) is 23.3 Å². The van der Waals surface area contributed by atoms with Gasteiger partial charge in [-0.15, -0.1) is 0 Å². The van der Waals surface area contributed by atoms with Crippen LogP contribution in [0, 0.1) is 23.3 Å². The van der Waals surface area contributed by atoms with Crippen molar-refractivity contribution in [3.05, 3.63) is 263 Å². The van der Waals surface area contributed by atoms with E-state index in [-0.39, 0.29) is 72.6 Å². The van der Waals surface area contributed by atoms with Crippen LogP contribution in [0.3, 0.4) is 0 Å². The Labute approximate surface area is 505 Å². The minimum Gasteiger partial charge on any atom is -0.481 e. The van der Waals surface area contributed by atoms with Crippen molar-refractivity contribution < 1.29 is 76.3 Å². The number of hydrogen-bond acceptors (Lipinski definition) is 12. The molecule has 24 heteroatoms. The summed E-state index contributed by atoms with van der Waals surface area (Å²) in [5.41, 5.74) is 25.2. The SMILES string of the molecule is C[C@@H](CC(=O)O)c1ccc(F)cc1.C[C@@H](CC(=O)O)c1ccc(F)cc1.C[C@@H](CC(=O)O)c1ccc(F)cc1.C[C@@H](CC(=O)O)c1ccc(F)cc1.NC(=O)c1ccncc1.NC(=O)c1ccncc1.NC(=O)c1ccncc1.NC(=O)c1ccncc1. The smallest absolute Gasteiger partial charge is 0.303 e. The van der Waals surface area contributed by atoms with Gasteiger partial charge < -0.3 is 43.4 Å². The van der Waals surface area contributed by atoms with Crippen LogP contribution in [-0.2, 0) is 19.2 Å². The Hall–Kier alpha value is -11.0. The van der Waals surface area contributed by atoms with E-state index in [9.17, 15) is 55.9 Å². The Morgan fingerprint density at radius 1 is 0.295 bits per heavy atom. The second-order valence-electron chi connectivity index (χ2n) is 18.6. The summed E-state index contributed by atoms with van der Waals surface area (Å²) in [5.74, 6) is -6.51. The molecule has 12 N–H and O–H groups in total. The summed E-state index contributed by atoms with van der Waals surface area (Å²) in [6.07, 6.45) is 12.5. The Kier molecular flexibility index (Phi) is 35.7. The van der Waals surface area contributed by atoms with E-state index in [4.69, 9.17) is 43.4 Å². The molecule has 8 rings (SSSR count). The number of rotatable bonds is 16. The molecule has 0 saturated heterocycles. The number of carbonyl (C=O) groups excluding carboxylic acids is 4. The van der Waals surface area contributed by atoms with Gasteiger partial charge in [-0.05, 0) is 143 Å². The van der Waals surface area contributed by atoms with Gasteiger partial charge in [0.25, 0.3) is 0 Å². The summed E-state index contributed by atoms with van der Waals surface area (Å²) in [4.78, 5) is 98.0. The lowest BCUT2D eigenvalue weighted by atomic mass is 9.98. The number of aliphatic carboxylic acids is 4. The predicted octanol–water partition coefficient (Wildman–Crippen LogP) is 10.3. The average molecular weight is 1220 g/mol. The van der Waals surface area contributed by atoms with E-state index >= 15 is 0 Å². The summed E-state index contributed by atoms with van der Waals surface area (Å²) in [5, 5.41) is 34.1. The molecule has 0 aliphatic carbocycles. The van der Waals surface area contributed by atoms with Crippen LogP contribution in [0.4, 0.5) is 17.6 Å². The van der Waals surface area contributed by atoms with Crippen molar-refractivity contribution in [1.29, 1.82) is 0 Å². The topological polar surface area (TPSA) is 373 Å². The lowest BCUT2D eigenvalue weighted by Gasteiger charge is -2.07. The van der Waals surface area contributed by atoms with Crippen molar-refractivity contribution in [2.24, 2.45) is 22.9 Å². The van der Waals surface area contributed by atoms with Gasteiger partial charge in [-0.3, -0.25) is 58.3 Å². The van der Waals surface area contributed by atoms with E-state index < -0.39 is 47.5 Å². The number of pyridine rings is 4. The summed E-state index contributed by atoms with van der Waals surface area (Å²) in [6, 6.07) is 36.2. The van der Waals surface area contributed by atoms with Crippen LogP contribution >= 0.6 is 0 Å². The minimum absolute atomic E-state index is 0.0712. The lowest BCUT2D eigenvalue weighted by Crippen LogP contribution is -2.10. The van der Waals surface area contributed by atoms with Crippen LogP contribution in [0.15, 0.2) is 195 Å². The molecule has 8 aromatic rings. The fourth-order valence-electron chi connectivity index (χ4n) is 6.75. The minimum atomic E-state index is -0.836. The number of primary amides is 4. The molecule has 4 atom stereocenters. The molecule has 0 spiro atoms. The van der Waals surface area contributed by atoms with Crippen LogP contribution < -0.4 is 22.9 Å². The third kappa shape index (κ3) is 34.5. The van der Waals surface area contributed by atoms with Crippen LogP contribution in [-0.4, -0.2) is 87.9 Å². The van der Waals surface area contributed by atoms with E-state index in [2.05, 4.69) is 19.9 Å². The molecule has 4 amide bonds. The fourth-order valence-corrected chi connectivity index (χ4v) is 6.75. The van der Waals surface area contributed by atoms with Crippen molar-refractivity contribution in [3.8, 4) is 0 Å². The van der Waals surface area contributed by atoms with Crippen LogP contribution in [0.25, 0.3) is 0 Å². The number of carboxylic acid groups (broad SMARTS) is 4. The highest BCUT2D eigenvalue weighted by Crippen LogP contribution is 2.22. The first-order valence-electron chi connectivity index (χ1n) is 26.3. The van der Waals surface area contributed by atoms with E-state index in [1.165, 1.54) is 98.1 Å². The van der Waals surface area contributed by atoms with Gasteiger partial charge in [0.2, 0.25) is 23.6 Å². The second-order valence-corrected chi connectivity index (χ2v) is 18.6. The van der Waals surface area contributed by atoms with Gasteiger partial charge in [-0.2, -0.15) is 0 Å². The van der Waals surface area contributed by atoms with E-state index in [1.807, 2.05) is 0 Å². The van der Waals surface area contributed by atoms with Crippen molar-refractivity contribution in [1.82, 2.24) is 19.9 Å². The maximum atomic E-state index is 12.5. The van der Waals surface area contributed by atoms with Crippen molar-refractivity contribution in [2.45, 2.75) is 77.0 Å². The summed E-state index contributed by atoms with van der Waals surface area (Å²) >= 11 is 0. The molecule has 4 heterocycles. The molecular formula is C64H68F4N8O12. The quantitative estimate of drug-likeness (QED) is 0.0417. The summed E-state index contributed by atoms with van der Waals surface area (Å²) in [7, 11) is 0. The standard InChI is InChI=1S/4C10H11FO2.4C6H6N2O/c4*1-7(6-10(12)13)8-2-4-9(11)5-3-8;4*7-6(9)5-1-3-8-4-2-5/h4*2-5,7H,6H2,1H3,(H,12,13);4*1-4H,(H2,7,9)/t4*7-;;;;/m0000..../s1. The van der Waals surface area contributed by atoms with Crippen LogP contribution in [0.5, 0.6) is 0 Å². The Bertz CT molecular complexity index is 2910. The van der Waals surface area contributed by atoms with Crippen molar-refractivity contribution in [3.63, 3.8) is 0 Å². The van der Waals surface area contributed by atoms with Gasteiger partial charge >= 0.3 is 23.9 Å². The average Bonchev–Trinajstić information content (AvgIpc) is 3.65. The Morgan fingerprint density at radius 3 is 0.534 bits per heavy atom. The van der Waals surface area contributed by atoms with E-state index in [0.717, 1.165) is 22.3 Å². The number of halogens is 4. The maximum absolute atomic E-state index is 12.5. The van der Waals surface area contributed by atoms with Crippen LogP contribution in [0.2, 0.25) is 0 Å². The molecule has 20 nitrogen and oxygen atoms in total. The summed E-state index contributed by atoms with van der Waals surface area (Å²) in [6.45, 7) is 7.23. The Balaban J connectivity index is 0.000000506. The largest absolute Gasteiger partial charge is 0.481 e. The molecule has 88 heavy (non-hydrogen) atoms. The first kappa shape index (κ1) is 75.0. The summed E-state index contributed by atoms with van der Waals surface area (Å²) < 4.78 is 50.0. The highest BCUT2D eigenvalue weighted by atomic mass is 19.1. The molecule has 0 aliphatic heterocycles. The zero-order valence-corrected chi connectivity index (χ0v) is 48.3. The molecule has 0 fully saturated rings. The lowest BCUT2D eigenvalue weighted by molar-refractivity contribution is -0.138. The molecule has 0 radical (unpaired) electrons. The van der Waals surface area contributed by atoms with Crippen LogP contribution in [0.1, 0.15) is 141 Å². The molecule has 0 saturated carbocycles. The first-order valence-corrected chi connectivity index (χ1v) is 26.3. The maximum Gasteiger partial charge on any atom is 0.303 e. The van der Waals surface area contributed by atoms with Gasteiger partial charge in [-0.1, -0.05) is 76.2 Å². The number of carboxylic acids is 4. The van der Waals surface area contributed by atoms with Gasteiger partial charge in [0, 0.05) is 71.8 Å². The number of aromatic nitrogens is 4. The molecule has 0 bridgehead atoms. The molecule has 464 valence electrons. The fraction of sp³-hybridized carbons (Fsp3) is 0.188. The molecule has 0 unspecified atom stereocenters. The van der Waals surface area contributed by atoms with Crippen molar-refractivity contribution in [2.75, 3.05) is 0 Å². The zero-order valence-electron chi connectivity index (χ0n) is 48.3. The number of benzene rings is 4. The number of amides is 4. The number of hydrogen-bond donors (Lipinski definition) is 8. The number of carbonyl (C=O) groups is 8. The third-order valence-electron chi connectivity index (χ3n) is 11.5. The highest BCUT2D eigenvalue weighted by molar-refractivity contribution is 5.93. The van der Waals surface area contributed by atoms with Gasteiger partial charge in [0.05, 0.1) is 25.7 Å². The molecule has 4 aromatic heterocycles. The molecule has 0 aliphatic rings.